The molecule has 0 fully saturated rings. The van der Waals surface area contributed by atoms with Crippen LogP contribution in [0.3, 0.4) is 0 Å². The fraction of sp³-hybridized carbons (Fsp3) is 0.174. The molecule has 32 heavy (non-hydrogen) atoms. The van der Waals surface area contributed by atoms with Gasteiger partial charge in [0.2, 0.25) is 0 Å². The summed E-state index contributed by atoms with van der Waals surface area (Å²) in [5, 5.41) is 14.0. The lowest BCUT2D eigenvalue weighted by Gasteiger charge is -2.15. The lowest BCUT2D eigenvalue weighted by atomic mass is 10.1. The summed E-state index contributed by atoms with van der Waals surface area (Å²) in [5.41, 5.74) is 8.93. The molecule has 0 aliphatic rings. The number of imidazole rings is 1. The predicted octanol–water partition coefficient (Wildman–Crippen LogP) is 4.80. The number of hydrogen-bond donors (Lipinski definition) is 2. The zero-order chi connectivity index (χ0) is 22.7. The second kappa shape index (κ2) is 9.04. The number of hydrogen-bond acceptors (Lipinski definition) is 7. The molecule has 0 saturated heterocycles. The van der Waals surface area contributed by atoms with E-state index in [1.165, 1.54) is 6.20 Å². The van der Waals surface area contributed by atoms with Crippen molar-refractivity contribution in [2.24, 2.45) is 7.05 Å². The minimum Gasteiger partial charge on any atom is -0.492 e. The van der Waals surface area contributed by atoms with Crippen molar-refractivity contribution in [1.82, 2.24) is 14.5 Å². The molecule has 4 rings (SSSR count). The van der Waals surface area contributed by atoms with Gasteiger partial charge in [0.1, 0.15) is 30.0 Å². The Bertz CT molecular complexity index is 1330. The molecule has 2 aromatic carbocycles. The van der Waals surface area contributed by atoms with E-state index in [2.05, 4.69) is 21.4 Å². The third-order valence-electron chi connectivity index (χ3n) is 4.90. The zero-order valence-corrected chi connectivity index (χ0v) is 18.3. The number of fused-ring (bicyclic) bond motifs is 1. The molecule has 0 aliphatic heterocycles. The molecule has 0 amide bonds. The average molecular weight is 449 g/mol. The number of nitrogen functional groups attached to an aromatic ring is 1. The summed E-state index contributed by atoms with van der Waals surface area (Å²) in [7, 11) is 1.90. The number of nitrogens with one attached hydrogen (secondary N) is 1. The number of nitrogens with two attached hydrogens (primary N) is 1. The molecule has 9 heteroatoms. The summed E-state index contributed by atoms with van der Waals surface area (Å²) in [6.45, 7) is 2.67. The van der Waals surface area contributed by atoms with Crippen LogP contribution in [0.2, 0.25) is 5.02 Å². The van der Waals surface area contributed by atoms with Crippen LogP contribution in [0.4, 0.5) is 17.1 Å². The van der Waals surface area contributed by atoms with Gasteiger partial charge in [-0.25, -0.2) is 4.98 Å². The van der Waals surface area contributed by atoms with Crippen molar-refractivity contribution >= 4 is 39.6 Å². The van der Waals surface area contributed by atoms with Crippen LogP contribution in [-0.4, -0.2) is 21.1 Å². The van der Waals surface area contributed by atoms with Crippen molar-refractivity contribution in [1.29, 1.82) is 5.26 Å². The Hall–Kier alpha value is -3.96. The highest BCUT2D eigenvalue weighted by atomic mass is 35.5. The Kier molecular flexibility index (Phi) is 6.01. The molecule has 0 unspecified atom stereocenters. The molecule has 0 aliphatic carbocycles. The Labute approximate surface area is 190 Å². The lowest BCUT2D eigenvalue weighted by Crippen LogP contribution is -2.03. The minimum absolute atomic E-state index is 0.297. The standard InChI is InChI=1S/C23H21ClN6O2/c1-3-31-21-10-19-16(9-18(21)26)23(14(11-25)12-28-19)29-15-4-5-20(17(24)8-15)32-13-22-27-6-7-30(22)2/h4-10,12H,3,13,26H2,1-2H3,(H,28,29). The van der Waals surface area contributed by atoms with Crippen LogP contribution in [0.15, 0.2) is 48.9 Å². The summed E-state index contributed by atoms with van der Waals surface area (Å²) in [6, 6.07) is 11.0. The van der Waals surface area contributed by atoms with Crippen molar-refractivity contribution in [3.63, 3.8) is 0 Å². The van der Waals surface area contributed by atoms with Crippen LogP contribution in [0.25, 0.3) is 10.9 Å². The molecule has 3 N–H and O–H groups in total. The fourth-order valence-corrected chi connectivity index (χ4v) is 3.49. The van der Waals surface area contributed by atoms with Gasteiger partial charge in [-0.15, -0.1) is 0 Å². The number of rotatable bonds is 7. The SMILES string of the molecule is CCOc1cc2ncc(C#N)c(Nc3ccc(OCc4nccn4C)c(Cl)c3)c2cc1N. The van der Waals surface area contributed by atoms with Crippen molar-refractivity contribution in [2.75, 3.05) is 17.7 Å². The average Bonchev–Trinajstić information content (AvgIpc) is 3.19. The second-order valence-electron chi connectivity index (χ2n) is 7.01. The van der Waals surface area contributed by atoms with Crippen molar-refractivity contribution in [3.8, 4) is 17.6 Å². The number of nitrogens with zero attached hydrogens (tertiary/aromatic N) is 4. The van der Waals surface area contributed by atoms with Crippen LogP contribution in [0.1, 0.15) is 18.3 Å². The number of aryl methyl sites for hydroxylation is 1. The molecule has 8 nitrogen and oxygen atoms in total. The topological polar surface area (TPSA) is 111 Å². The Morgan fingerprint density at radius 2 is 2.03 bits per heavy atom. The molecule has 2 aromatic heterocycles. The normalized spacial score (nSPS) is 10.7. The number of pyridine rings is 1. The number of benzene rings is 2. The first kappa shape index (κ1) is 21.3. The van der Waals surface area contributed by atoms with Crippen molar-refractivity contribution in [2.45, 2.75) is 13.5 Å². The first-order valence-electron chi connectivity index (χ1n) is 9.90. The predicted molar refractivity (Wildman–Crippen MR) is 124 cm³/mol. The van der Waals surface area contributed by atoms with E-state index in [-0.39, 0.29) is 0 Å². The highest BCUT2D eigenvalue weighted by Gasteiger charge is 2.14. The molecule has 2 heterocycles. The summed E-state index contributed by atoms with van der Waals surface area (Å²) in [5.74, 6) is 1.88. The number of nitriles is 1. The van der Waals surface area contributed by atoms with Crippen LogP contribution in [0, 0.1) is 11.3 Å². The van der Waals surface area contributed by atoms with Gasteiger partial charge in [-0.1, -0.05) is 11.6 Å². The smallest absolute Gasteiger partial charge is 0.146 e. The monoisotopic (exact) mass is 448 g/mol. The quantitative estimate of drug-likeness (QED) is 0.390. The molecule has 0 bridgehead atoms. The van der Waals surface area contributed by atoms with Gasteiger partial charge in [-0.05, 0) is 31.2 Å². The van der Waals surface area contributed by atoms with Gasteiger partial charge < -0.3 is 25.1 Å². The van der Waals surface area contributed by atoms with Gasteiger partial charge in [-0.2, -0.15) is 5.26 Å². The first-order valence-corrected chi connectivity index (χ1v) is 10.3. The van der Waals surface area contributed by atoms with E-state index < -0.39 is 0 Å². The van der Waals surface area contributed by atoms with Gasteiger partial charge in [0.05, 0.1) is 34.1 Å². The van der Waals surface area contributed by atoms with E-state index in [4.69, 9.17) is 26.8 Å². The number of aromatic nitrogens is 3. The van der Waals surface area contributed by atoms with E-state index in [1.807, 2.05) is 30.8 Å². The molecule has 0 atom stereocenters. The van der Waals surface area contributed by atoms with Crippen LogP contribution in [-0.2, 0) is 13.7 Å². The largest absolute Gasteiger partial charge is 0.492 e. The first-order chi connectivity index (χ1) is 15.5. The van der Waals surface area contributed by atoms with Gasteiger partial charge in [0.25, 0.3) is 0 Å². The van der Waals surface area contributed by atoms with Gasteiger partial charge in [0, 0.05) is 42.8 Å². The Morgan fingerprint density at radius 3 is 2.72 bits per heavy atom. The van der Waals surface area contributed by atoms with Crippen molar-refractivity contribution in [3.05, 3.63) is 65.3 Å². The van der Waals surface area contributed by atoms with Crippen LogP contribution >= 0.6 is 11.6 Å². The molecular formula is C23H21ClN6O2. The second-order valence-corrected chi connectivity index (χ2v) is 7.42. The van der Waals surface area contributed by atoms with E-state index in [9.17, 15) is 5.26 Å². The highest BCUT2D eigenvalue weighted by Crippen LogP contribution is 2.36. The van der Waals surface area contributed by atoms with E-state index in [1.54, 1.807) is 30.5 Å². The summed E-state index contributed by atoms with van der Waals surface area (Å²) in [4.78, 5) is 8.61. The third kappa shape index (κ3) is 4.24. The summed E-state index contributed by atoms with van der Waals surface area (Å²) in [6.07, 6.45) is 5.08. The maximum absolute atomic E-state index is 9.61. The maximum atomic E-state index is 9.61. The Morgan fingerprint density at radius 1 is 1.19 bits per heavy atom. The number of anilines is 3. The minimum atomic E-state index is 0.297. The van der Waals surface area contributed by atoms with Gasteiger partial charge in [0.15, 0.2) is 0 Å². The van der Waals surface area contributed by atoms with E-state index >= 15 is 0 Å². The number of halogens is 1. The van der Waals surface area contributed by atoms with Gasteiger partial charge >= 0.3 is 0 Å². The Balaban J connectivity index is 1.63. The summed E-state index contributed by atoms with van der Waals surface area (Å²) >= 11 is 6.44. The van der Waals surface area contributed by atoms with Crippen LogP contribution < -0.4 is 20.5 Å². The fourth-order valence-electron chi connectivity index (χ4n) is 3.25. The van der Waals surface area contributed by atoms with E-state index in [0.717, 1.165) is 5.82 Å². The maximum Gasteiger partial charge on any atom is 0.146 e. The molecule has 0 saturated carbocycles. The van der Waals surface area contributed by atoms with Crippen LogP contribution in [0.5, 0.6) is 11.5 Å². The van der Waals surface area contributed by atoms with Crippen molar-refractivity contribution < 1.29 is 9.47 Å². The molecule has 0 spiro atoms. The summed E-state index contributed by atoms with van der Waals surface area (Å²) < 4.78 is 13.2. The highest BCUT2D eigenvalue weighted by molar-refractivity contribution is 6.32. The van der Waals surface area contributed by atoms with E-state index in [0.29, 0.717) is 63.3 Å². The zero-order valence-electron chi connectivity index (χ0n) is 17.6. The lowest BCUT2D eigenvalue weighted by molar-refractivity contribution is 0.292. The van der Waals surface area contributed by atoms with Gasteiger partial charge in [-0.3, -0.25) is 4.98 Å². The molecular weight excluding hydrogens is 428 g/mol. The molecule has 0 radical (unpaired) electrons. The molecule has 4 aromatic rings. The molecule has 162 valence electrons. The third-order valence-corrected chi connectivity index (χ3v) is 5.19. The number of ether oxygens (including phenoxy) is 2.